The first-order valence-corrected chi connectivity index (χ1v) is 28.0. The number of fused-ring (bicyclic) bond motifs is 5. The molecule has 11 aromatic rings. The molecule has 0 spiro atoms. The molecule has 0 amide bonds. The molecular weight excluding hydrogens is 993 g/mol. The zero-order valence-corrected chi connectivity index (χ0v) is 48.0. The van der Waals surface area contributed by atoms with Crippen LogP contribution in [0.3, 0.4) is 0 Å². The minimum Gasteiger partial charge on any atom is -0.497 e. The molecular formula is C75H68N2O4. The van der Waals surface area contributed by atoms with Crippen LogP contribution in [-0.2, 0) is 16.2 Å². The van der Waals surface area contributed by atoms with Gasteiger partial charge in [-0.15, -0.1) is 0 Å². The first-order chi connectivity index (χ1) is 39.0. The first kappa shape index (κ1) is 52.6. The first-order valence-electron chi connectivity index (χ1n) is 28.0. The zero-order valence-electron chi connectivity index (χ0n) is 48.0. The Bertz CT molecular complexity index is 4150. The third-order valence-electron chi connectivity index (χ3n) is 17.3. The van der Waals surface area contributed by atoms with E-state index in [4.69, 9.17) is 14.2 Å². The highest BCUT2D eigenvalue weighted by Gasteiger charge is 2.36. The van der Waals surface area contributed by atoms with E-state index in [9.17, 15) is 4.79 Å². The van der Waals surface area contributed by atoms with Crippen LogP contribution in [0.5, 0.6) is 17.2 Å². The third-order valence-corrected chi connectivity index (χ3v) is 17.3. The summed E-state index contributed by atoms with van der Waals surface area (Å²) in [7, 11) is 1.71. The lowest BCUT2D eigenvalue weighted by atomic mass is 9.73. The number of nitrogens with zero attached hydrogens (tertiary/aromatic N) is 2. The van der Waals surface area contributed by atoms with Crippen molar-refractivity contribution < 1.29 is 19.0 Å². The largest absolute Gasteiger partial charge is 0.497 e. The maximum atomic E-state index is 14.4. The Labute approximate surface area is 476 Å². The molecule has 1 aliphatic heterocycles. The van der Waals surface area contributed by atoms with Crippen molar-refractivity contribution in [2.24, 2.45) is 0 Å². The van der Waals surface area contributed by atoms with Gasteiger partial charge < -0.3 is 23.7 Å². The normalized spacial score (nSPS) is 13.0. The van der Waals surface area contributed by atoms with Crippen LogP contribution in [-0.4, -0.2) is 24.3 Å². The molecule has 0 saturated carbocycles. The Morgan fingerprint density at radius 1 is 0.469 bits per heavy atom. The van der Waals surface area contributed by atoms with E-state index in [1.54, 1.807) is 7.11 Å². The number of anilines is 3. The SMILES string of the molecule is COc1ccc(C(C)(C)c2ccc3c4ccc(-c5ccc(OCOc6ccc(C(C)(C)c7ccccc7)c(C)c6)cc5C)cc4n(-c4ccc(C(=O)c5ccc(N6c7ccccc7C(C)(C)c7ccccc76)cc5)cc4)c3c2)c(C)c1. The smallest absolute Gasteiger partial charge is 0.230 e. The van der Waals surface area contributed by atoms with E-state index in [0.29, 0.717) is 11.1 Å². The number of ketones is 1. The average molecular weight is 1060 g/mol. The van der Waals surface area contributed by atoms with Crippen molar-refractivity contribution in [3.8, 4) is 34.1 Å². The van der Waals surface area contributed by atoms with Gasteiger partial charge in [0.2, 0.25) is 6.79 Å². The van der Waals surface area contributed by atoms with Crippen LogP contribution in [0.15, 0.2) is 218 Å². The number of benzene rings is 10. The van der Waals surface area contributed by atoms with E-state index in [2.05, 4.69) is 254 Å². The van der Waals surface area contributed by atoms with Crippen LogP contribution in [0.25, 0.3) is 38.6 Å². The molecule has 1 aromatic heterocycles. The van der Waals surface area contributed by atoms with E-state index in [-0.39, 0.29) is 28.8 Å². The molecule has 6 nitrogen and oxygen atoms in total. The molecule has 6 heteroatoms. The fourth-order valence-corrected chi connectivity index (χ4v) is 12.8. The standard InChI is InChI=1S/C75H68N2O4/c1-48-42-59(80-47-81-60-36-41-64(50(3)44-60)73(4,5)54-18-12-11-13-19-54)34-39-61(48)53-28-37-62-63-38-29-55(74(6,7)65-40-35-58(79-10)43-49(65)2)46-71(63)77(70(62)45-53)57-32-26-52(27-33-57)72(78)51-24-30-56(31-25-51)76-68-22-16-14-20-66(68)75(8,9)67-21-15-17-23-69(67)76/h11-46H,47H2,1-10H3. The quantitative estimate of drug-likeness (QED) is 0.0802. The lowest BCUT2D eigenvalue weighted by molar-refractivity contribution is 0.103. The maximum Gasteiger partial charge on any atom is 0.230 e. The summed E-state index contributed by atoms with van der Waals surface area (Å²) in [5, 5.41) is 2.29. The molecule has 81 heavy (non-hydrogen) atoms. The van der Waals surface area contributed by atoms with Gasteiger partial charge in [-0.05, 0) is 191 Å². The van der Waals surface area contributed by atoms with Crippen LogP contribution in [0.1, 0.15) is 108 Å². The van der Waals surface area contributed by atoms with Crippen LogP contribution >= 0.6 is 0 Å². The molecule has 0 radical (unpaired) electrons. The van der Waals surface area contributed by atoms with Gasteiger partial charge >= 0.3 is 0 Å². The number of rotatable bonds is 14. The fraction of sp³-hybridized carbons (Fsp3) is 0.187. The summed E-state index contributed by atoms with van der Waals surface area (Å²) in [5.41, 5.74) is 20.2. The number of aromatic nitrogens is 1. The number of hydrogen-bond donors (Lipinski definition) is 0. The second-order valence-corrected chi connectivity index (χ2v) is 23.4. The summed E-state index contributed by atoms with van der Waals surface area (Å²) in [5.74, 6) is 2.32. The molecule has 0 N–H and O–H groups in total. The van der Waals surface area contributed by atoms with Gasteiger partial charge in [-0.3, -0.25) is 4.79 Å². The Balaban J connectivity index is 0.851. The summed E-state index contributed by atoms with van der Waals surface area (Å²) >= 11 is 0. The molecule has 0 saturated heterocycles. The number of carbonyl (C=O) groups is 1. The lowest BCUT2D eigenvalue weighted by Gasteiger charge is -2.42. The highest BCUT2D eigenvalue weighted by atomic mass is 16.7. The summed E-state index contributed by atoms with van der Waals surface area (Å²) in [6.07, 6.45) is 0. The number of methoxy groups -OCH3 is 1. The number of ether oxygens (including phenoxy) is 3. The molecule has 0 aliphatic carbocycles. The Hall–Kier alpha value is -9.13. The second kappa shape index (κ2) is 20.5. The maximum absolute atomic E-state index is 14.4. The average Bonchev–Trinajstić information content (AvgIpc) is 3.84. The van der Waals surface area contributed by atoms with Gasteiger partial charge in [0.15, 0.2) is 5.78 Å². The van der Waals surface area contributed by atoms with Gasteiger partial charge in [-0.1, -0.05) is 151 Å². The predicted octanol–water partition coefficient (Wildman–Crippen LogP) is 18.8. The summed E-state index contributed by atoms with van der Waals surface area (Å²) in [6, 6.07) is 76.6. The molecule has 0 fully saturated rings. The Morgan fingerprint density at radius 2 is 0.963 bits per heavy atom. The van der Waals surface area contributed by atoms with E-state index in [1.165, 1.54) is 44.5 Å². The van der Waals surface area contributed by atoms with Crippen molar-refractivity contribution >= 4 is 44.7 Å². The number of para-hydroxylation sites is 2. The van der Waals surface area contributed by atoms with Crippen molar-refractivity contribution in [2.75, 3.05) is 18.8 Å². The van der Waals surface area contributed by atoms with Gasteiger partial charge in [-0.25, -0.2) is 0 Å². The minimum atomic E-state index is -0.324. The molecule has 402 valence electrons. The van der Waals surface area contributed by atoms with E-state index in [1.807, 2.05) is 36.4 Å². The lowest BCUT2D eigenvalue weighted by Crippen LogP contribution is -2.30. The molecule has 1 aliphatic rings. The van der Waals surface area contributed by atoms with Crippen LogP contribution in [0, 0.1) is 20.8 Å². The van der Waals surface area contributed by atoms with Crippen molar-refractivity contribution in [1.29, 1.82) is 0 Å². The van der Waals surface area contributed by atoms with Crippen LogP contribution in [0.2, 0.25) is 0 Å². The summed E-state index contributed by atoms with van der Waals surface area (Å²) in [4.78, 5) is 16.7. The minimum absolute atomic E-state index is 0.0287. The molecule has 12 rings (SSSR count). The summed E-state index contributed by atoms with van der Waals surface area (Å²) < 4.78 is 20.3. The Kier molecular flexibility index (Phi) is 13.3. The number of hydrogen-bond acceptors (Lipinski definition) is 5. The summed E-state index contributed by atoms with van der Waals surface area (Å²) in [6.45, 7) is 20.2. The van der Waals surface area contributed by atoms with Gasteiger partial charge in [0.05, 0.1) is 29.5 Å². The molecule has 2 heterocycles. The van der Waals surface area contributed by atoms with Crippen molar-refractivity contribution in [3.05, 3.63) is 280 Å². The van der Waals surface area contributed by atoms with Gasteiger partial charge in [0.25, 0.3) is 0 Å². The third kappa shape index (κ3) is 9.32. The van der Waals surface area contributed by atoms with Gasteiger partial charge in [-0.2, -0.15) is 0 Å². The van der Waals surface area contributed by atoms with E-state index >= 15 is 0 Å². The van der Waals surface area contributed by atoms with Crippen LogP contribution < -0.4 is 19.1 Å². The fourth-order valence-electron chi connectivity index (χ4n) is 12.8. The van der Waals surface area contributed by atoms with Crippen molar-refractivity contribution in [2.45, 2.75) is 78.6 Å². The Morgan fingerprint density at radius 3 is 1.54 bits per heavy atom. The number of aryl methyl sites for hydroxylation is 3. The monoisotopic (exact) mass is 1060 g/mol. The number of carbonyl (C=O) groups excluding carboxylic acids is 1. The van der Waals surface area contributed by atoms with Gasteiger partial charge in [0, 0.05) is 49.5 Å². The zero-order chi connectivity index (χ0) is 56.4. The van der Waals surface area contributed by atoms with Crippen molar-refractivity contribution in [1.82, 2.24) is 4.57 Å². The van der Waals surface area contributed by atoms with E-state index in [0.717, 1.165) is 78.5 Å². The highest BCUT2D eigenvalue weighted by molar-refractivity contribution is 6.11. The van der Waals surface area contributed by atoms with E-state index < -0.39 is 0 Å². The van der Waals surface area contributed by atoms with Crippen LogP contribution in [0.4, 0.5) is 17.1 Å². The molecule has 10 aromatic carbocycles. The second-order valence-electron chi connectivity index (χ2n) is 23.4. The predicted molar refractivity (Wildman–Crippen MR) is 333 cm³/mol. The molecule has 0 unspecified atom stereocenters. The highest BCUT2D eigenvalue weighted by Crippen LogP contribution is 2.52. The van der Waals surface area contributed by atoms with Gasteiger partial charge in [0.1, 0.15) is 17.2 Å². The topological polar surface area (TPSA) is 52.9 Å². The van der Waals surface area contributed by atoms with Crippen molar-refractivity contribution in [3.63, 3.8) is 0 Å². The molecule has 0 atom stereocenters. The molecule has 0 bridgehead atoms.